The predicted octanol–water partition coefficient (Wildman–Crippen LogP) is 4.41. The molecule has 0 aromatic heterocycles. The average Bonchev–Trinajstić information content (AvgIpc) is 3.05. The van der Waals surface area contributed by atoms with Gasteiger partial charge in [0.25, 0.3) is 0 Å². The number of piperidine rings is 1. The summed E-state index contributed by atoms with van der Waals surface area (Å²) < 4.78 is 25.4. The van der Waals surface area contributed by atoms with Crippen molar-refractivity contribution < 1.29 is 8.42 Å². The molecule has 0 saturated carbocycles. The van der Waals surface area contributed by atoms with Crippen LogP contribution in [0.1, 0.15) is 43.7 Å². The van der Waals surface area contributed by atoms with E-state index in [0.717, 1.165) is 17.2 Å². The van der Waals surface area contributed by atoms with Crippen LogP contribution in [0.4, 0.5) is 5.69 Å². The van der Waals surface area contributed by atoms with Gasteiger partial charge in [-0.05, 0) is 61.1 Å². The van der Waals surface area contributed by atoms with Crippen molar-refractivity contribution in [1.29, 1.82) is 0 Å². The van der Waals surface area contributed by atoms with Crippen molar-refractivity contribution in [1.82, 2.24) is 4.90 Å². The Bertz CT molecular complexity index is 877. The maximum atomic E-state index is 11.4. The second-order valence-corrected chi connectivity index (χ2v) is 9.31. The summed E-state index contributed by atoms with van der Waals surface area (Å²) in [6.45, 7) is 1.23. The van der Waals surface area contributed by atoms with E-state index in [0.29, 0.717) is 11.7 Å². The lowest BCUT2D eigenvalue weighted by atomic mass is 9.99. The Balaban J connectivity index is 1.54. The zero-order valence-corrected chi connectivity index (χ0v) is 16.0. The largest absolute Gasteiger partial charge is 0.293 e. The molecule has 0 spiro atoms. The fourth-order valence-electron chi connectivity index (χ4n) is 4.49. The average molecular weight is 371 g/mol. The van der Waals surface area contributed by atoms with E-state index >= 15 is 0 Å². The Morgan fingerprint density at radius 3 is 2.54 bits per heavy atom. The van der Waals surface area contributed by atoms with Gasteiger partial charge in [-0.3, -0.25) is 9.62 Å². The van der Waals surface area contributed by atoms with Crippen LogP contribution in [0.2, 0.25) is 0 Å². The van der Waals surface area contributed by atoms with Gasteiger partial charge in [0.15, 0.2) is 0 Å². The van der Waals surface area contributed by atoms with E-state index in [1.807, 2.05) is 18.2 Å². The van der Waals surface area contributed by atoms with Crippen LogP contribution < -0.4 is 4.72 Å². The first-order valence-corrected chi connectivity index (χ1v) is 11.3. The van der Waals surface area contributed by atoms with Crippen molar-refractivity contribution in [3.05, 3.63) is 54.1 Å². The number of nitrogens with one attached hydrogen (secondary N) is 1. The lowest BCUT2D eigenvalue weighted by molar-refractivity contribution is 0.150. The van der Waals surface area contributed by atoms with Gasteiger partial charge in [0.1, 0.15) is 0 Å². The Labute approximate surface area is 156 Å². The minimum atomic E-state index is -3.26. The van der Waals surface area contributed by atoms with Crippen LogP contribution in [0.15, 0.2) is 48.5 Å². The molecule has 2 aliphatic heterocycles. The van der Waals surface area contributed by atoms with E-state index < -0.39 is 10.0 Å². The molecule has 1 N–H and O–H groups in total. The molecule has 0 amide bonds. The van der Waals surface area contributed by atoms with Gasteiger partial charge in [0.2, 0.25) is 10.0 Å². The number of anilines is 1. The van der Waals surface area contributed by atoms with Crippen LogP contribution >= 0.6 is 0 Å². The van der Waals surface area contributed by atoms with E-state index in [2.05, 4.69) is 33.9 Å². The smallest absolute Gasteiger partial charge is 0.229 e. The predicted molar refractivity (Wildman–Crippen MR) is 107 cm³/mol. The summed E-state index contributed by atoms with van der Waals surface area (Å²) in [4.78, 5) is 2.70. The van der Waals surface area contributed by atoms with Gasteiger partial charge in [-0.2, -0.15) is 0 Å². The molecule has 4 nitrogen and oxygen atoms in total. The van der Waals surface area contributed by atoms with Gasteiger partial charge in [-0.1, -0.05) is 42.8 Å². The Morgan fingerprint density at radius 2 is 1.77 bits per heavy atom. The quantitative estimate of drug-likeness (QED) is 0.867. The Hall–Kier alpha value is -1.85. The molecule has 2 saturated heterocycles. The fraction of sp³-hybridized carbons (Fsp3) is 0.429. The number of nitrogens with zero attached hydrogens (tertiary/aromatic N) is 1. The summed E-state index contributed by atoms with van der Waals surface area (Å²) in [5.41, 5.74) is 4.14. The number of hydrogen-bond donors (Lipinski definition) is 1. The zero-order valence-electron chi connectivity index (χ0n) is 15.2. The van der Waals surface area contributed by atoms with Gasteiger partial charge in [0.05, 0.1) is 6.26 Å². The second-order valence-electron chi connectivity index (χ2n) is 7.56. The number of rotatable bonds is 4. The Kier molecular flexibility index (Phi) is 4.76. The van der Waals surface area contributed by atoms with E-state index in [9.17, 15) is 8.42 Å². The monoisotopic (exact) mass is 370 g/mol. The van der Waals surface area contributed by atoms with Crippen LogP contribution in [0.3, 0.4) is 0 Å². The van der Waals surface area contributed by atoms with Crippen LogP contribution in [-0.4, -0.2) is 32.2 Å². The minimum absolute atomic E-state index is 0.563. The lowest BCUT2D eigenvalue weighted by Crippen LogP contribution is -2.35. The molecule has 2 aromatic carbocycles. The van der Waals surface area contributed by atoms with Crippen molar-refractivity contribution in [3.63, 3.8) is 0 Å². The highest BCUT2D eigenvalue weighted by Gasteiger charge is 2.35. The first-order chi connectivity index (χ1) is 12.5. The molecule has 2 aromatic rings. The normalized spacial score (nSPS) is 23.6. The molecule has 0 radical (unpaired) electrons. The maximum absolute atomic E-state index is 11.4. The molecule has 4 rings (SSSR count). The highest BCUT2D eigenvalue weighted by Crippen LogP contribution is 2.40. The van der Waals surface area contributed by atoms with Crippen LogP contribution in [0.25, 0.3) is 11.1 Å². The maximum Gasteiger partial charge on any atom is 0.229 e. The minimum Gasteiger partial charge on any atom is -0.293 e. The molecule has 138 valence electrons. The molecule has 2 fully saturated rings. The van der Waals surface area contributed by atoms with E-state index in [1.54, 1.807) is 6.07 Å². The highest BCUT2D eigenvalue weighted by molar-refractivity contribution is 7.92. The van der Waals surface area contributed by atoms with Crippen molar-refractivity contribution in [2.75, 3.05) is 17.5 Å². The van der Waals surface area contributed by atoms with Gasteiger partial charge < -0.3 is 0 Å². The molecular weight excluding hydrogens is 344 g/mol. The molecule has 5 heteroatoms. The molecule has 26 heavy (non-hydrogen) atoms. The summed E-state index contributed by atoms with van der Waals surface area (Å²) in [6.07, 6.45) is 7.82. The highest BCUT2D eigenvalue weighted by atomic mass is 32.2. The van der Waals surface area contributed by atoms with Crippen molar-refractivity contribution in [3.8, 4) is 11.1 Å². The molecule has 1 unspecified atom stereocenters. The number of benzene rings is 2. The van der Waals surface area contributed by atoms with E-state index in [-0.39, 0.29) is 0 Å². The third kappa shape index (κ3) is 3.79. The topological polar surface area (TPSA) is 49.4 Å². The standard InChI is InChI=1S/C21H26N2O2S/c1-26(24,25)22-19-6-4-5-18(15-19)16-8-10-17(11-9-16)21-13-12-20-7-2-3-14-23(20)21/h4-6,8-11,15,20-22H,2-3,7,12-14H2,1H3/t20?,21-/m0/s1. The second kappa shape index (κ2) is 7.05. The van der Waals surface area contributed by atoms with Gasteiger partial charge >= 0.3 is 0 Å². The molecule has 0 bridgehead atoms. The lowest BCUT2D eigenvalue weighted by Gasteiger charge is -2.34. The third-order valence-corrected chi connectivity index (χ3v) is 6.25. The molecule has 2 aliphatic rings. The van der Waals surface area contributed by atoms with E-state index in [4.69, 9.17) is 0 Å². The molecule has 2 heterocycles. The molecule has 0 aliphatic carbocycles. The molecule has 2 atom stereocenters. The zero-order chi connectivity index (χ0) is 18.1. The van der Waals surface area contributed by atoms with Crippen LogP contribution in [0, 0.1) is 0 Å². The molecular formula is C21H26N2O2S. The third-order valence-electron chi connectivity index (χ3n) is 5.64. The van der Waals surface area contributed by atoms with Crippen LogP contribution in [0.5, 0.6) is 0 Å². The summed E-state index contributed by atoms with van der Waals surface area (Å²) >= 11 is 0. The summed E-state index contributed by atoms with van der Waals surface area (Å²) in [7, 11) is -3.26. The number of fused-ring (bicyclic) bond motifs is 1. The van der Waals surface area contributed by atoms with Crippen LogP contribution in [-0.2, 0) is 10.0 Å². The SMILES string of the molecule is CS(=O)(=O)Nc1cccc(-c2ccc([C@@H]3CCC4CCCCN43)cc2)c1. The summed E-state index contributed by atoms with van der Waals surface area (Å²) in [5.74, 6) is 0. The van der Waals surface area contributed by atoms with Crippen molar-refractivity contribution in [2.24, 2.45) is 0 Å². The van der Waals surface area contributed by atoms with Crippen molar-refractivity contribution in [2.45, 2.75) is 44.2 Å². The van der Waals surface area contributed by atoms with Gasteiger partial charge in [-0.15, -0.1) is 0 Å². The number of sulfonamides is 1. The summed E-state index contributed by atoms with van der Waals surface area (Å²) in [6, 6.07) is 17.7. The summed E-state index contributed by atoms with van der Waals surface area (Å²) in [5, 5.41) is 0. The first kappa shape index (κ1) is 17.6. The van der Waals surface area contributed by atoms with Gasteiger partial charge in [0, 0.05) is 17.8 Å². The van der Waals surface area contributed by atoms with Crippen molar-refractivity contribution >= 4 is 15.7 Å². The number of hydrogen-bond acceptors (Lipinski definition) is 3. The van der Waals surface area contributed by atoms with E-state index in [1.165, 1.54) is 50.5 Å². The first-order valence-electron chi connectivity index (χ1n) is 9.43. The Morgan fingerprint density at radius 1 is 0.962 bits per heavy atom. The fourth-order valence-corrected chi connectivity index (χ4v) is 5.05. The van der Waals surface area contributed by atoms with Gasteiger partial charge in [-0.25, -0.2) is 8.42 Å².